The Morgan fingerprint density at radius 1 is 1.64 bits per heavy atom. The summed E-state index contributed by atoms with van der Waals surface area (Å²) in [6, 6.07) is 4.40. The van der Waals surface area contributed by atoms with Gasteiger partial charge < -0.3 is 10.4 Å². The van der Waals surface area contributed by atoms with E-state index in [0.29, 0.717) is 12.6 Å². The van der Waals surface area contributed by atoms with Crippen LogP contribution in [0.15, 0.2) is 17.5 Å². The van der Waals surface area contributed by atoms with E-state index in [0.717, 1.165) is 11.3 Å². The number of thiophene rings is 1. The predicted molar refractivity (Wildman–Crippen MR) is 61.6 cm³/mol. The molecule has 0 aliphatic heterocycles. The van der Waals surface area contributed by atoms with E-state index in [1.54, 1.807) is 11.3 Å². The van der Waals surface area contributed by atoms with Crippen LogP contribution in [0.2, 0.25) is 0 Å². The molecule has 14 heavy (non-hydrogen) atoms. The summed E-state index contributed by atoms with van der Waals surface area (Å²) < 4.78 is 0. The third-order valence-electron chi connectivity index (χ3n) is 2.46. The summed E-state index contributed by atoms with van der Waals surface area (Å²) in [7, 11) is 0. The number of hydrogen-bond acceptors (Lipinski definition) is 3. The first-order chi connectivity index (χ1) is 6.56. The fourth-order valence-corrected chi connectivity index (χ4v) is 1.98. The lowest BCUT2D eigenvalue weighted by molar-refractivity contribution is 0.0580. The molecule has 1 rings (SSSR count). The van der Waals surface area contributed by atoms with Crippen LogP contribution in [0.3, 0.4) is 0 Å². The van der Waals surface area contributed by atoms with Crippen LogP contribution in [0.25, 0.3) is 0 Å². The van der Waals surface area contributed by atoms with E-state index >= 15 is 0 Å². The second kappa shape index (κ2) is 4.91. The molecule has 0 aliphatic carbocycles. The monoisotopic (exact) mass is 213 g/mol. The van der Waals surface area contributed by atoms with Gasteiger partial charge in [-0.3, -0.25) is 0 Å². The van der Waals surface area contributed by atoms with Crippen LogP contribution in [0.5, 0.6) is 0 Å². The van der Waals surface area contributed by atoms with Crippen molar-refractivity contribution in [2.75, 3.05) is 6.54 Å². The van der Waals surface area contributed by atoms with Crippen molar-refractivity contribution in [1.82, 2.24) is 5.32 Å². The highest BCUT2D eigenvalue weighted by Crippen LogP contribution is 2.24. The van der Waals surface area contributed by atoms with E-state index < -0.39 is 5.60 Å². The average Bonchev–Trinajstić information content (AvgIpc) is 2.67. The maximum atomic E-state index is 10.2. The zero-order valence-electron chi connectivity index (χ0n) is 9.08. The van der Waals surface area contributed by atoms with E-state index in [4.69, 9.17) is 0 Å². The molecule has 1 aromatic heterocycles. The van der Waals surface area contributed by atoms with Crippen molar-refractivity contribution in [2.45, 2.75) is 38.8 Å². The van der Waals surface area contributed by atoms with Crippen molar-refractivity contribution < 1.29 is 5.11 Å². The van der Waals surface area contributed by atoms with Crippen LogP contribution < -0.4 is 5.32 Å². The molecular formula is C11H19NOS. The Morgan fingerprint density at radius 3 is 2.86 bits per heavy atom. The van der Waals surface area contributed by atoms with Gasteiger partial charge >= 0.3 is 0 Å². The number of hydrogen-bond donors (Lipinski definition) is 2. The Balaban J connectivity index is 2.50. The first-order valence-corrected chi connectivity index (χ1v) is 5.94. The lowest BCUT2D eigenvalue weighted by atomic mass is 10.0. The first kappa shape index (κ1) is 11.7. The standard InChI is InChI=1S/C11H19NOS/c1-4-9(2)12-8-11(3,13)10-6-5-7-14-10/h5-7,9,12-13H,4,8H2,1-3H3. The Kier molecular flexibility index (Phi) is 4.11. The van der Waals surface area contributed by atoms with E-state index in [-0.39, 0.29) is 0 Å². The van der Waals surface area contributed by atoms with Gasteiger partial charge in [0.2, 0.25) is 0 Å². The SMILES string of the molecule is CCC(C)NCC(C)(O)c1cccs1. The molecule has 2 atom stereocenters. The summed E-state index contributed by atoms with van der Waals surface area (Å²) in [5.74, 6) is 0. The molecule has 0 fully saturated rings. The van der Waals surface area contributed by atoms with Gasteiger partial charge in [-0.2, -0.15) is 0 Å². The van der Waals surface area contributed by atoms with Gasteiger partial charge in [-0.15, -0.1) is 11.3 Å². The maximum absolute atomic E-state index is 10.2. The average molecular weight is 213 g/mol. The second-order valence-electron chi connectivity index (χ2n) is 3.94. The molecule has 0 radical (unpaired) electrons. The molecule has 1 aromatic rings. The molecule has 0 amide bonds. The Morgan fingerprint density at radius 2 is 2.36 bits per heavy atom. The van der Waals surface area contributed by atoms with Gasteiger partial charge in [-0.1, -0.05) is 13.0 Å². The molecule has 0 saturated carbocycles. The molecule has 3 heteroatoms. The fraction of sp³-hybridized carbons (Fsp3) is 0.636. The number of nitrogens with one attached hydrogen (secondary N) is 1. The number of rotatable bonds is 5. The van der Waals surface area contributed by atoms with Crippen molar-refractivity contribution in [2.24, 2.45) is 0 Å². The van der Waals surface area contributed by atoms with Crippen molar-refractivity contribution >= 4 is 11.3 Å². The lowest BCUT2D eigenvalue weighted by Crippen LogP contribution is -2.38. The highest BCUT2D eigenvalue weighted by Gasteiger charge is 2.23. The first-order valence-electron chi connectivity index (χ1n) is 5.06. The highest BCUT2D eigenvalue weighted by molar-refractivity contribution is 7.10. The van der Waals surface area contributed by atoms with Crippen LogP contribution in [0, 0.1) is 0 Å². The van der Waals surface area contributed by atoms with Crippen molar-refractivity contribution in [3.8, 4) is 0 Å². The predicted octanol–water partition coefficient (Wildman–Crippen LogP) is 2.34. The topological polar surface area (TPSA) is 32.3 Å². The third-order valence-corrected chi connectivity index (χ3v) is 3.58. The molecule has 2 unspecified atom stereocenters. The molecule has 0 spiro atoms. The zero-order chi connectivity index (χ0) is 10.6. The third kappa shape index (κ3) is 3.08. The molecule has 0 saturated heterocycles. The molecule has 2 N–H and O–H groups in total. The molecule has 2 nitrogen and oxygen atoms in total. The molecular weight excluding hydrogens is 194 g/mol. The Bertz CT molecular complexity index is 256. The summed E-state index contributed by atoms with van der Waals surface area (Å²) in [6.07, 6.45) is 1.08. The van der Waals surface area contributed by atoms with Gasteiger partial charge in [0.05, 0.1) is 0 Å². The summed E-state index contributed by atoms with van der Waals surface area (Å²) in [5.41, 5.74) is -0.738. The molecule has 0 aromatic carbocycles. The highest BCUT2D eigenvalue weighted by atomic mass is 32.1. The molecule has 0 aliphatic rings. The Hall–Kier alpha value is -0.380. The van der Waals surface area contributed by atoms with Gasteiger partial charge in [0, 0.05) is 17.5 Å². The normalized spacial score (nSPS) is 17.7. The lowest BCUT2D eigenvalue weighted by Gasteiger charge is -2.24. The van der Waals surface area contributed by atoms with Crippen LogP contribution in [0.1, 0.15) is 32.1 Å². The maximum Gasteiger partial charge on any atom is 0.108 e. The van der Waals surface area contributed by atoms with E-state index in [9.17, 15) is 5.11 Å². The van der Waals surface area contributed by atoms with Crippen LogP contribution in [0.4, 0.5) is 0 Å². The minimum absolute atomic E-state index is 0.460. The second-order valence-corrected chi connectivity index (χ2v) is 4.89. The van der Waals surface area contributed by atoms with Crippen molar-refractivity contribution in [3.63, 3.8) is 0 Å². The van der Waals surface area contributed by atoms with E-state index in [2.05, 4.69) is 19.2 Å². The van der Waals surface area contributed by atoms with E-state index in [1.807, 2.05) is 24.4 Å². The van der Waals surface area contributed by atoms with Crippen LogP contribution >= 0.6 is 11.3 Å². The quantitative estimate of drug-likeness (QED) is 0.787. The van der Waals surface area contributed by atoms with Crippen LogP contribution in [-0.2, 0) is 5.60 Å². The van der Waals surface area contributed by atoms with Crippen LogP contribution in [-0.4, -0.2) is 17.7 Å². The minimum Gasteiger partial charge on any atom is -0.383 e. The summed E-state index contributed by atoms with van der Waals surface area (Å²) in [5, 5.41) is 15.5. The van der Waals surface area contributed by atoms with Gasteiger partial charge in [0.25, 0.3) is 0 Å². The zero-order valence-corrected chi connectivity index (χ0v) is 9.90. The molecule has 1 heterocycles. The Labute approximate surface area is 90.0 Å². The summed E-state index contributed by atoms with van der Waals surface area (Å²) in [4.78, 5) is 1.02. The van der Waals surface area contributed by atoms with Crippen molar-refractivity contribution in [3.05, 3.63) is 22.4 Å². The number of aliphatic hydroxyl groups is 1. The molecule has 0 bridgehead atoms. The van der Waals surface area contributed by atoms with E-state index in [1.165, 1.54) is 0 Å². The summed E-state index contributed by atoms with van der Waals surface area (Å²) >= 11 is 1.60. The smallest absolute Gasteiger partial charge is 0.108 e. The van der Waals surface area contributed by atoms with Gasteiger partial charge in [-0.05, 0) is 31.7 Å². The fourth-order valence-electron chi connectivity index (χ4n) is 1.19. The van der Waals surface area contributed by atoms with Gasteiger partial charge in [0.15, 0.2) is 0 Å². The molecule has 80 valence electrons. The minimum atomic E-state index is -0.738. The van der Waals surface area contributed by atoms with Gasteiger partial charge in [-0.25, -0.2) is 0 Å². The van der Waals surface area contributed by atoms with Gasteiger partial charge in [0.1, 0.15) is 5.60 Å². The van der Waals surface area contributed by atoms with Crippen molar-refractivity contribution in [1.29, 1.82) is 0 Å². The largest absolute Gasteiger partial charge is 0.383 e. The summed E-state index contributed by atoms with van der Waals surface area (Å²) in [6.45, 7) is 6.73.